The number of aromatic nitrogens is 2. The third-order valence-corrected chi connectivity index (χ3v) is 4.45. The maximum absolute atomic E-state index is 11.3. The Morgan fingerprint density at radius 1 is 1.31 bits per heavy atom. The van der Waals surface area contributed by atoms with E-state index < -0.39 is 5.91 Å². The second-order valence-corrected chi connectivity index (χ2v) is 8.07. The maximum atomic E-state index is 11.3. The Kier molecular flexibility index (Phi) is 4.85. The zero-order valence-corrected chi connectivity index (χ0v) is 15.8. The monoisotopic (exact) mass is 354 g/mol. The molecule has 0 aliphatic heterocycles. The summed E-state index contributed by atoms with van der Waals surface area (Å²) in [4.78, 5) is 16.8. The Bertz CT molecular complexity index is 832. The molecule has 26 heavy (non-hydrogen) atoms. The van der Waals surface area contributed by atoms with Gasteiger partial charge in [0, 0.05) is 11.1 Å². The predicted molar refractivity (Wildman–Crippen MR) is 102 cm³/mol. The SMILES string of the molecule is CC(C)CON=C1CC(C)(C)Cc2c1cnn2-c1ccc(C(N)=O)cc1. The molecule has 0 bridgehead atoms. The van der Waals surface area contributed by atoms with Crippen molar-refractivity contribution in [2.75, 3.05) is 6.61 Å². The van der Waals surface area contributed by atoms with Crippen LogP contribution in [0.1, 0.15) is 55.7 Å². The van der Waals surface area contributed by atoms with Crippen LogP contribution in [0.15, 0.2) is 35.6 Å². The van der Waals surface area contributed by atoms with Gasteiger partial charge in [0.15, 0.2) is 0 Å². The van der Waals surface area contributed by atoms with Crippen LogP contribution in [0.5, 0.6) is 0 Å². The summed E-state index contributed by atoms with van der Waals surface area (Å²) in [5, 5.41) is 8.97. The van der Waals surface area contributed by atoms with Crippen molar-refractivity contribution in [2.24, 2.45) is 22.2 Å². The van der Waals surface area contributed by atoms with Gasteiger partial charge in [-0.2, -0.15) is 5.10 Å². The van der Waals surface area contributed by atoms with Gasteiger partial charge in [0.25, 0.3) is 0 Å². The summed E-state index contributed by atoms with van der Waals surface area (Å²) < 4.78 is 1.92. The number of carbonyl (C=O) groups is 1. The number of hydrogen-bond acceptors (Lipinski definition) is 4. The predicted octanol–water partition coefficient (Wildman–Crippen LogP) is 3.32. The molecule has 0 radical (unpaired) electrons. The van der Waals surface area contributed by atoms with Crippen LogP contribution in [0.4, 0.5) is 0 Å². The molecule has 1 aliphatic rings. The standard InChI is InChI=1S/C20H26N4O2/c1-13(2)12-26-23-17-9-20(3,4)10-18-16(17)11-22-24(18)15-7-5-14(6-8-15)19(21)25/h5-8,11,13H,9-10,12H2,1-4H3,(H2,21,25). The number of hydrogen-bond donors (Lipinski definition) is 1. The molecule has 0 fully saturated rings. The van der Waals surface area contributed by atoms with Gasteiger partial charge in [-0.25, -0.2) is 4.68 Å². The molecule has 2 N–H and O–H groups in total. The van der Waals surface area contributed by atoms with Gasteiger partial charge in [-0.05, 0) is 48.4 Å². The summed E-state index contributed by atoms with van der Waals surface area (Å²) in [6.07, 6.45) is 3.59. The van der Waals surface area contributed by atoms with Gasteiger partial charge in [0.05, 0.1) is 23.3 Å². The van der Waals surface area contributed by atoms with Crippen molar-refractivity contribution < 1.29 is 9.63 Å². The summed E-state index contributed by atoms with van der Waals surface area (Å²) in [5.41, 5.74) is 9.86. The molecule has 0 saturated carbocycles. The van der Waals surface area contributed by atoms with E-state index in [9.17, 15) is 4.79 Å². The van der Waals surface area contributed by atoms with E-state index in [0.29, 0.717) is 18.1 Å². The maximum Gasteiger partial charge on any atom is 0.248 e. The summed E-state index contributed by atoms with van der Waals surface area (Å²) in [7, 11) is 0. The topological polar surface area (TPSA) is 82.5 Å². The van der Waals surface area contributed by atoms with E-state index in [1.165, 1.54) is 0 Å². The van der Waals surface area contributed by atoms with Crippen LogP contribution in [-0.4, -0.2) is 28.0 Å². The Balaban J connectivity index is 1.97. The molecule has 6 heteroatoms. The number of fused-ring (bicyclic) bond motifs is 1. The molecule has 1 aromatic heterocycles. The van der Waals surface area contributed by atoms with Crippen LogP contribution in [-0.2, 0) is 11.3 Å². The first-order valence-electron chi connectivity index (χ1n) is 8.93. The quantitative estimate of drug-likeness (QED) is 0.836. The minimum Gasteiger partial charge on any atom is -0.395 e. The normalized spacial score (nSPS) is 17.3. The van der Waals surface area contributed by atoms with Crippen LogP contribution in [0.2, 0.25) is 0 Å². The molecule has 0 unspecified atom stereocenters. The Hall–Kier alpha value is -2.63. The second kappa shape index (κ2) is 6.94. The highest BCUT2D eigenvalue weighted by atomic mass is 16.6. The molecular weight excluding hydrogens is 328 g/mol. The number of oxime groups is 1. The van der Waals surface area contributed by atoms with Gasteiger partial charge < -0.3 is 10.6 Å². The van der Waals surface area contributed by atoms with E-state index in [2.05, 4.69) is 37.9 Å². The largest absolute Gasteiger partial charge is 0.395 e. The van der Waals surface area contributed by atoms with Gasteiger partial charge in [0.2, 0.25) is 5.91 Å². The lowest BCUT2D eigenvalue weighted by atomic mass is 9.76. The van der Waals surface area contributed by atoms with Gasteiger partial charge >= 0.3 is 0 Å². The fourth-order valence-corrected chi connectivity index (χ4v) is 3.18. The Morgan fingerprint density at radius 3 is 2.62 bits per heavy atom. The third-order valence-electron chi connectivity index (χ3n) is 4.45. The molecule has 138 valence electrons. The molecule has 1 heterocycles. The zero-order chi connectivity index (χ0) is 18.9. The van der Waals surface area contributed by atoms with Crippen molar-refractivity contribution >= 4 is 11.6 Å². The van der Waals surface area contributed by atoms with E-state index in [4.69, 9.17) is 10.6 Å². The van der Waals surface area contributed by atoms with Crippen LogP contribution in [0, 0.1) is 11.3 Å². The van der Waals surface area contributed by atoms with E-state index in [1.807, 2.05) is 23.0 Å². The molecule has 0 saturated heterocycles. The van der Waals surface area contributed by atoms with Crippen LogP contribution in [0.3, 0.4) is 0 Å². The number of primary amides is 1. The van der Waals surface area contributed by atoms with Gasteiger partial charge in [-0.1, -0.05) is 32.9 Å². The van der Waals surface area contributed by atoms with Crippen LogP contribution in [0.25, 0.3) is 5.69 Å². The highest BCUT2D eigenvalue weighted by Gasteiger charge is 2.33. The van der Waals surface area contributed by atoms with E-state index >= 15 is 0 Å². The van der Waals surface area contributed by atoms with E-state index in [0.717, 1.165) is 35.5 Å². The molecular formula is C20H26N4O2. The smallest absolute Gasteiger partial charge is 0.248 e. The van der Waals surface area contributed by atoms with E-state index in [-0.39, 0.29) is 5.41 Å². The van der Waals surface area contributed by atoms with Gasteiger partial charge in [-0.15, -0.1) is 0 Å². The van der Waals surface area contributed by atoms with Crippen molar-refractivity contribution in [1.29, 1.82) is 0 Å². The first-order valence-corrected chi connectivity index (χ1v) is 8.93. The average molecular weight is 354 g/mol. The molecule has 6 nitrogen and oxygen atoms in total. The Labute approximate surface area is 154 Å². The highest BCUT2D eigenvalue weighted by molar-refractivity contribution is 6.02. The van der Waals surface area contributed by atoms with Crippen molar-refractivity contribution in [3.8, 4) is 5.69 Å². The number of nitrogens with two attached hydrogens (primary N) is 1. The average Bonchev–Trinajstić information content (AvgIpc) is 2.97. The molecule has 1 amide bonds. The molecule has 0 spiro atoms. The third kappa shape index (κ3) is 3.79. The molecule has 2 aromatic rings. The number of amides is 1. The minimum atomic E-state index is -0.433. The fraction of sp³-hybridized carbons (Fsp3) is 0.450. The van der Waals surface area contributed by atoms with Crippen molar-refractivity contribution in [1.82, 2.24) is 9.78 Å². The lowest BCUT2D eigenvalue weighted by molar-refractivity contribution is 0.100. The van der Waals surface area contributed by atoms with Crippen molar-refractivity contribution in [3.63, 3.8) is 0 Å². The first kappa shape index (κ1) is 18.2. The number of nitrogens with zero attached hydrogens (tertiary/aromatic N) is 3. The minimum absolute atomic E-state index is 0.0674. The summed E-state index contributed by atoms with van der Waals surface area (Å²) >= 11 is 0. The van der Waals surface area contributed by atoms with Crippen molar-refractivity contribution in [2.45, 2.75) is 40.5 Å². The molecule has 3 rings (SSSR count). The van der Waals surface area contributed by atoms with Gasteiger partial charge in [0.1, 0.15) is 6.61 Å². The van der Waals surface area contributed by atoms with Gasteiger partial charge in [-0.3, -0.25) is 4.79 Å². The number of rotatable bonds is 5. The van der Waals surface area contributed by atoms with E-state index in [1.54, 1.807) is 12.1 Å². The van der Waals surface area contributed by atoms with Crippen LogP contribution < -0.4 is 5.73 Å². The molecule has 1 aliphatic carbocycles. The lowest BCUT2D eigenvalue weighted by Gasteiger charge is -2.30. The van der Waals surface area contributed by atoms with Crippen LogP contribution >= 0.6 is 0 Å². The summed E-state index contributed by atoms with van der Waals surface area (Å²) in [6, 6.07) is 7.17. The fourth-order valence-electron chi connectivity index (χ4n) is 3.18. The number of carbonyl (C=O) groups excluding carboxylic acids is 1. The second-order valence-electron chi connectivity index (χ2n) is 8.07. The highest BCUT2D eigenvalue weighted by Crippen LogP contribution is 2.36. The molecule has 1 aromatic carbocycles. The zero-order valence-electron chi connectivity index (χ0n) is 15.8. The first-order chi connectivity index (χ1) is 12.3. The summed E-state index contributed by atoms with van der Waals surface area (Å²) in [6.45, 7) is 9.25. The molecule has 0 atom stereocenters. The summed E-state index contributed by atoms with van der Waals surface area (Å²) in [5.74, 6) is -0.00110. The lowest BCUT2D eigenvalue weighted by Crippen LogP contribution is -2.28. The Morgan fingerprint density at radius 2 is 2.00 bits per heavy atom. The van der Waals surface area contributed by atoms with Crippen molar-refractivity contribution in [3.05, 3.63) is 47.3 Å². The number of benzene rings is 1.